The molecule has 0 aliphatic heterocycles. The van der Waals surface area contributed by atoms with Crippen LogP contribution in [0.25, 0.3) is 11.3 Å². The van der Waals surface area contributed by atoms with Crippen LogP contribution in [0.2, 0.25) is 0 Å². The molecule has 3 aromatic rings. The number of carbonyl (C=O) groups is 1. The number of rotatable bonds is 7. The highest BCUT2D eigenvalue weighted by Crippen LogP contribution is 2.26. The molecule has 9 heteroatoms. The number of sulfonamides is 1. The third kappa shape index (κ3) is 5.07. The maximum atomic E-state index is 12.4. The van der Waals surface area contributed by atoms with Crippen LogP contribution in [0.3, 0.4) is 0 Å². The summed E-state index contributed by atoms with van der Waals surface area (Å²) in [6.45, 7) is 5.40. The van der Waals surface area contributed by atoms with Gasteiger partial charge in [0.1, 0.15) is 5.69 Å². The third-order valence-electron chi connectivity index (χ3n) is 4.24. The van der Waals surface area contributed by atoms with Crippen molar-refractivity contribution in [3.8, 4) is 11.3 Å². The van der Waals surface area contributed by atoms with E-state index in [0.717, 1.165) is 5.56 Å². The average molecular weight is 414 g/mol. The Bertz CT molecular complexity index is 1120. The fourth-order valence-corrected chi connectivity index (χ4v) is 3.78. The van der Waals surface area contributed by atoms with Crippen LogP contribution in [0.5, 0.6) is 0 Å². The minimum atomic E-state index is -3.78. The fraction of sp³-hybridized carbons (Fsp3) is 0.250. The van der Waals surface area contributed by atoms with Crippen molar-refractivity contribution in [3.05, 3.63) is 60.3 Å². The second-order valence-corrected chi connectivity index (χ2v) is 8.68. The van der Waals surface area contributed by atoms with Crippen molar-refractivity contribution < 1.29 is 13.2 Å². The van der Waals surface area contributed by atoms with E-state index in [1.165, 1.54) is 6.07 Å². The number of benzene rings is 2. The number of carbonyl (C=O) groups excluding carboxylic acids is 1. The molecule has 152 valence electrons. The lowest BCUT2D eigenvalue weighted by atomic mass is 10.1. The number of hydrogen-bond donors (Lipinski definition) is 2. The van der Waals surface area contributed by atoms with E-state index in [1.54, 1.807) is 48.1 Å². The van der Waals surface area contributed by atoms with Gasteiger partial charge in [0.05, 0.1) is 23.3 Å². The molecule has 0 atom stereocenters. The zero-order valence-electron chi connectivity index (χ0n) is 16.5. The molecular formula is C20H23N5O3S. The standard InChI is InChI=1S/C20H23N5O3S/c1-14(2)25-13-19(23-24-25)17-9-4-5-10-18(17)22-20(26)12-21-29(27,28)16-8-6-7-15(3)11-16/h4-11,13-14,21H,12H2,1-3H3,(H,22,26). The molecule has 0 radical (unpaired) electrons. The Morgan fingerprint density at radius 1 is 1.14 bits per heavy atom. The molecule has 0 bridgehead atoms. The van der Waals surface area contributed by atoms with Crippen LogP contribution in [-0.2, 0) is 14.8 Å². The quantitative estimate of drug-likeness (QED) is 0.619. The molecule has 0 spiro atoms. The van der Waals surface area contributed by atoms with Crippen LogP contribution < -0.4 is 10.0 Å². The number of anilines is 1. The SMILES string of the molecule is Cc1cccc(S(=O)(=O)NCC(=O)Nc2ccccc2-c2cn(C(C)C)nn2)c1. The fourth-order valence-electron chi connectivity index (χ4n) is 2.69. The molecule has 2 N–H and O–H groups in total. The summed E-state index contributed by atoms with van der Waals surface area (Å²) in [4.78, 5) is 12.5. The molecule has 0 fully saturated rings. The van der Waals surface area contributed by atoms with Crippen LogP contribution in [0, 0.1) is 6.92 Å². The van der Waals surface area contributed by atoms with Crippen LogP contribution in [0.1, 0.15) is 25.5 Å². The normalized spacial score (nSPS) is 11.6. The predicted molar refractivity (Wildman–Crippen MR) is 111 cm³/mol. The topological polar surface area (TPSA) is 106 Å². The Morgan fingerprint density at radius 3 is 2.59 bits per heavy atom. The summed E-state index contributed by atoms with van der Waals surface area (Å²) in [5.41, 5.74) is 2.67. The molecule has 2 aromatic carbocycles. The molecule has 29 heavy (non-hydrogen) atoms. The number of para-hydroxylation sites is 1. The highest BCUT2D eigenvalue weighted by molar-refractivity contribution is 7.89. The molecule has 0 aliphatic carbocycles. The largest absolute Gasteiger partial charge is 0.324 e. The lowest BCUT2D eigenvalue weighted by Crippen LogP contribution is -2.33. The van der Waals surface area contributed by atoms with Gasteiger partial charge in [-0.25, -0.2) is 17.8 Å². The zero-order valence-corrected chi connectivity index (χ0v) is 17.3. The van der Waals surface area contributed by atoms with E-state index in [1.807, 2.05) is 26.0 Å². The van der Waals surface area contributed by atoms with Crippen molar-refractivity contribution in [1.29, 1.82) is 0 Å². The highest BCUT2D eigenvalue weighted by Gasteiger charge is 2.17. The van der Waals surface area contributed by atoms with Crippen LogP contribution in [0.15, 0.2) is 59.6 Å². The van der Waals surface area contributed by atoms with E-state index in [0.29, 0.717) is 16.9 Å². The lowest BCUT2D eigenvalue weighted by Gasteiger charge is -2.11. The Hall–Kier alpha value is -3.04. The number of aromatic nitrogens is 3. The van der Waals surface area contributed by atoms with Gasteiger partial charge in [0.2, 0.25) is 15.9 Å². The van der Waals surface area contributed by atoms with Crippen molar-refractivity contribution in [2.75, 3.05) is 11.9 Å². The van der Waals surface area contributed by atoms with Crippen LogP contribution in [0.4, 0.5) is 5.69 Å². The molecule has 0 saturated heterocycles. The number of hydrogen-bond acceptors (Lipinski definition) is 5. The van der Waals surface area contributed by atoms with Gasteiger partial charge in [0, 0.05) is 11.6 Å². The summed E-state index contributed by atoms with van der Waals surface area (Å²) in [7, 11) is -3.78. The second kappa shape index (κ2) is 8.54. The highest BCUT2D eigenvalue weighted by atomic mass is 32.2. The van der Waals surface area contributed by atoms with Gasteiger partial charge in [-0.3, -0.25) is 4.79 Å². The van der Waals surface area contributed by atoms with Gasteiger partial charge in [0.25, 0.3) is 0 Å². The van der Waals surface area contributed by atoms with Gasteiger partial charge in [-0.1, -0.05) is 35.5 Å². The lowest BCUT2D eigenvalue weighted by molar-refractivity contribution is -0.115. The summed E-state index contributed by atoms with van der Waals surface area (Å²) in [5, 5.41) is 11.0. The van der Waals surface area contributed by atoms with E-state index < -0.39 is 15.9 Å². The second-order valence-electron chi connectivity index (χ2n) is 6.91. The number of amides is 1. The molecule has 1 aromatic heterocycles. The summed E-state index contributed by atoms with van der Waals surface area (Å²) < 4.78 is 28.8. The van der Waals surface area contributed by atoms with Crippen molar-refractivity contribution in [2.45, 2.75) is 31.7 Å². The van der Waals surface area contributed by atoms with E-state index in [9.17, 15) is 13.2 Å². The Labute approximate surface area is 170 Å². The van der Waals surface area contributed by atoms with Crippen LogP contribution >= 0.6 is 0 Å². The maximum absolute atomic E-state index is 12.4. The molecular weight excluding hydrogens is 390 g/mol. The number of nitrogens with zero attached hydrogens (tertiary/aromatic N) is 3. The van der Waals surface area contributed by atoms with E-state index in [-0.39, 0.29) is 17.5 Å². The van der Waals surface area contributed by atoms with E-state index in [4.69, 9.17) is 0 Å². The average Bonchev–Trinajstić information content (AvgIpc) is 3.17. The monoisotopic (exact) mass is 413 g/mol. The number of nitrogens with one attached hydrogen (secondary N) is 2. The summed E-state index contributed by atoms with van der Waals surface area (Å²) in [6, 6.07) is 13.8. The van der Waals surface area contributed by atoms with Gasteiger partial charge < -0.3 is 5.32 Å². The Balaban J connectivity index is 1.71. The number of aryl methyl sites for hydroxylation is 1. The first-order chi connectivity index (χ1) is 13.8. The smallest absolute Gasteiger partial charge is 0.241 e. The van der Waals surface area contributed by atoms with Crippen molar-refractivity contribution in [3.63, 3.8) is 0 Å². The molecule has 1 heterocycles. The molecule has 0 aliphatic rings. The summed E-state index contributed by atoms with van der Waals surface area (Å²) >= 11 is 0. The molecule has 0 saturated carbocycles. The van der Waals surface area contributed by atoms with Gasteiger partial charge in [-0.2, -0.15) is 0 Å². The predicted octanol–water partition coefficient (Wildman–Crippen LogP) is 2.75. The van der Waals surface area contributed by atoms with Crippen molar-refractivity contribution >= 4 is 21.6 Å². The van der Waals surface area contributed by atoms with Gasteiger partial charge in [-0.15, -0.1) is 5.10 Å². The first kappa shape index (κ1) is 20.7. The van der Waals surface area contributed by atoms with Gasteiger partial charge in [0.15, 0.2) is 0 Å². The Kier molecular flexibility index (Phi) is 6.09. The first-order valence-corrected chi connectivity index (χ1v) is 10.6. The Morgan fingerprint density at radius 2 is 1.90 bits per heavy atom. The minimum absolute atomic E-state index is 0.121. The molecule has 8 nitrogen and oxygen atoms in total. The van der Waals surface area contributed by atoms with Crippen molar-refractivity contribution in [2.24, 2.45) is 0 Å². The minimum Gasteiger partial charge on any atom is -0.324 e. The van der Waals surface area contributed by atoms with Crippen LogP contribution in [-0.4, -0.2) is 35.9 Å². The van der Waals surface area contributed by atoms with E-state index >= 15 is 0 Å². The van der Waals surface area contributed by atoms with Crippen molar-refractivity contribution in [1.82, 2.24) is 19.7 Å². The molecule has 3 rings (SSSR count). The maximum Gasteiger partial charge on any atom is 0.241 e. The van der Waals surface area contributed by atoms with Gasteiger partial charge >= 0.3 is 0 Å². The molecule has 1 amide bonds. The first-order valence-electron chi connectivity index (χ1n) is 9.13. The molecule has 0 unspecified atom stereocenters. The van der Waals surface area contributed by atoms with E-state index in [2.05, 4.69) is 20.4 Å². The summed E-state index contributed by atoms with van der Waals surface area (Å²) in [5.74, 6) is -0.482. The third-order valence-corrected chi connectivity index (χ3v) is 5.64. The van der Waals surface area contributed by atoms with Gasteiger partial charge in [-0.05, 0) is 44.5 Å². The summed E-state index contributed by atoms with van der Waals surface area (Å²) in [6.07, 6.45) is 1.80. The zero-order chi connectivity index (χ0) is 21.0.